The van der Waals surface area contributed by atoms with E-state index in [1.54, 1.807) is 0 Å². The van der Waals surface area contributed by atoms with Crippen molar-refractivity contribution in [3.63, 3.8) is 0 Å². The van der Waals surface area contributed by atoms with Crippen molar-refractivity contribution < 1.29 is 0 Å². The van der Waals surface area contributed by atoms with E-state index in [0.717, 1.165) is 17.6 Å². The zero-order valence-corrected chi connectivity index (χ0v) is 13.9. The van der Waals surface area contributed by atoms with Crippen LogP contribution in [0.2, 0.25) is 0 Å². The maximum atomic E-state index is 6.48. The van der Waals surface area contributed by atoms with Crippen molar-refractivity contribution in [2.75, 3.05) is 13.1 Å². The molecule has 1 fully saturated rings. The van der Waals surface area contributed by atoms with E-state index in [1.165, 1.54) is 25.7 Å². The first-order valence-electron chi connectivity index (χ1n) is 6.28. The number of nitrogens with one attached hydrogen (secondary N) is 1. The summed E-state index contributed by atoms with van der Waals surface area (Å²) in [6, 6.07) is 13.0. The second kappa shape index (κ2) is 4.97. The van der Waals surface area contributed by atoms with Crippen molar-refractivity contribution in [2.24, 2.45) is 5.73 Å². The molecule has 2 heterocycles. The summed E-state index contributed by atoms with van der Waals surface area (Å²) in [5.74, 6) is 0. The molecule has 0 aliphatic carbocycles. The molecule has 1 aliphatic heterocycles. The van der Waals surface area contributed by atoms with E-state index in [9.17, 15) is 0 Å². The van der Waals surface area contributed by atoms with E-state index in [0.29, 0.717) is 0 Å². The van der Waals surface area contributed by atoms with Crippen molar-refractivity contribution in [1.82, 2.24) is 5.32 Å². The van der Waals surface area contributed by atoms with Crippen LogP contribution in [0.25, 0.3) is 20.2 Å². The van der Waals surface area contributed by atoms with E-state index < -0.39 is 0 Å². The summed E-state index contributed by atoms with van der Waals surface area (Å²) in [6.07, 6.45) is 0. The van der Waals surface area contributed by atoms with Gasteiger partial charge in [-0.3, -0.25) is 0 Å². The van der Waals surface area contributed by atoms with Crippen LogP contribution in [0.15, 0.2) is 40.9 Å². The molecule has 4 rings (SSSR count). The highest BCUT2D eigenvalue weighted by atomic mass is 79.9. The molecule has 20 heavy (non-hydrogen) atoms. The number of thiophene rings is 1. The van der Waals surface area contributed by atoms with Crippen LogP contribution in [-0.2, 0) is 5.54 Å². The topological polar surface area (TPSA) is 38.0 Å². The molecule has 0 saturated carbocycles. The van der Waals surface area contributed by atoms with Crippen LogP contribution in [0.3, 0.4) is 0 Å². The molecule has 1 saturated heterocycles. The van der Waals surface area contributed by atoms with Crippen LogP contribution >= 0.6 is 39.7 Å². The molecule has 0 amide bonds. The van der Waals surface area contributed by atoms with Crippen molar-refractivity contribution in [3.05, 3.63) is 46.4 Å². The number of rotatable bonds is 1. The predicted molar refractivity (Wildman–Crippen MR) is 93.0 cm³/mol. The number of hydrogen-bond acceptors (Lipinski definition) is 3. The van der Waals surface area contributed by atoms with Gasteiger partial charge in [-0.1, -0.05) is 40.2 Å². The first-order valence-corrected chi connectivity index (χ1v) is 7.89. The van der Waals surface area contributed by atoms with E-state index in [4.69, 9.17) is 5.73 Å². The van der Waals surface area contributed by atoms with Gasteiger partial charge in [0.1, 0.15) is 0 Å². The molecular formula is C15H14BrClN2S. The van der Waals surface area contributed by atoms with Gasteiger partial charge in [-0.05, 0) is 17.7 Å². The fourth-order valence-corrected chi connectivity index (χ4v) is 4.62. The third-order valence-electron chi connectivity index (χ3n) is 3.88. The molecule has 0 atom stereocenters. The molecule has 0 unspecified atom stereocenters. The van der Waals surface area contributed by atoms with Gasteiger partial charge in [0.05, 0.1) is 5.54 Å². The molecule has 0 bridgehead atoms. The average molecular weight is 370 g/mol. The Kier molecular flexibility index (Phi) is 3.55. The minimum absolute atomic E-state index is 0. The first kappa shape index (κ1) is 14.3. The summed E-state index contributed by atoms with van der Waals surface area (Å²) in [5, 5.41) is 5.92. The summed E-state index contributed by atoms with van der Waals surface area (Å²) in [4.78, 5) is 0. The lowest BCUT2D eigenvalue weighted by Crippen LogP contribution is -2.62. The van der Waals surface area contributed by atoms with Gasteiger partial charge in [0.2, 0.25) is 0 Å². The van der Waals surface area contributed by atoms with Crippen LogP contribution < -0.4 is 11.1 Å². The number of fused-ring (bicyclic) bond motifs is 3. The van der Waals surface area contributed by atoms with Crippen LogP contribution in [0.4, 0.5) is 0 Å². The van der Waals surface area contributed by atoms with E-state index in [-0.39, 0.29) is 17.9 Å². The van der Waals surface area contributed by atoms with E-state index in [1.807, 2.05) is 11.3 Å². The summed E-state index contributed by atoms with van der Waals surface area (Å²) in [7, 11) is 0. The van der Waals surface area contributed by atoms with Crippen LogP contribution in [0.1, 0.15) is 5.56 Å². The van der Waals surface area contributed by atoms with Gasteiger partial charge in [0.25, 0.3) is 0 Å². The molecule has 1 aromatic heterocycles. The number of nitrogens with two attached hydrogens (primary N) is 1. The van der Waals surface area contributed by atoms with Crippen LogP contribution in [0.5, 0.6) is 0 Å². The molecule has 3 N–H and O–H groups in total. The molecule has 104 valence electrons. The highest BCUT2D eigenvalue weighted by molar-refractivity contribution is 9.10. The normalized spacial score (nSPS) is 16.9. The molecule has 1 aliphatic rings. The minimum Gasteiger partial charge on any atom is -0.319 e. The van der Waals surface area contributed by atoms with Crippen molar-refractivity contribution in [3.8, 4) is 0 Å². The number of benzene rings is 2. The highest BCUT2D eigenvalue weighted by Gasteiger charge is 2.36. The van der Waals surface area contributed by atoms with Gasteiger partial charge in [-0.15, -0.1) is 23.7 Å². The van der Waals surface area contributed by atoms with Crippen LogP contribution in [0, 0.1) is 0 Å². The predicted octanol–water partition coefficient (Wildman–Crippen LogP) is 4.00. The van der Waals surface area contributed by atoms with Crippen molar-refractivity contribution >= 4 is 59.8 Å². The van der Waals surface area contributed by atoms with E-state index in [2.05, 4.69) is 57.6 Å². The standard InChI is InChI=1S/C15H13BrN2S.ClH/c16-9-4-5-10-11-2-1-3-12(15(17)7-18-8-15)14(11)19-13(10)6-9;/h1-6,18H,7-8,17H2;1H. The van der Waals surface area contributed by atoms with E-state index >= 15 is 0 Å². The molecule has 0 radical (unpaired) electrons. The third kappa shape index (κ3) is 1.98. The quantitative estimate of drug-likeness (QED) is 0.680. The fraction of sp³-hybridized carbons (Fsp3) is 0.200. The molecule has 5 heteroatoms. The number of hydrogen-bond donors (Lipinski definition) is 2. The smallest absolute Gasteiger partial charge is 0.0676 e. The Labute approximate surface area is 135 Å². The molecule has 2 nitrogen and oxygen atoms in total. The van der Waals surface area contributed by atoms with Gasteiger partial charge in [0, 0.05) is 37.7 Å². The fourth-order valence-electron chi connectivity index (χ4n) is 2.75. The Hall–Kier alpha value is -0.650. The summed E-state index contributed by atoms with van der Waals surface area (Å²) < 4.78 is 3.77. The van der Waals surface area contributed by atoms with Crippen molar-refractivity contribution in [2.45, 2.75) is 5.54 Å². The molecule has 3 aromatic rings. The Morgan fingerprint density at radius 3 is 2.65 bits per heavy atom. The lowest BCUT2D eigenvalue weighted by atomic mass is 9.85. The largest absolute Gasteiger partial charge is 0.319 e. The monoisotopic (exact) mass is 368 g/mol. The Bertz CT molecular complexity index is 795. The van der Waals surface area contributed by atoms with Gasteiger partial charge < -0.3 is 11.1 Å². The zero-order chi connectivity index (χ0) is 13.0. The van der Waals surface area contributed by atoms with Gasteiger partial charge in [-0.2, -0.15) is 0 Å². The van der Waals surface area contributed by atoms with Gasteiger partial charge in [-0.25, -0.2) is 0 Å². The number of halogens is 2. The Balaban J connectivity index is 0.00000121. The lowest BCUT2D eigenvalue weighted by molar-refractivity contribution is 0.290. The molecular weight excluding hydrogens is 356 g/mol. The minimum atomic E-state index is -0.197. The first-order chi connectivity index (χ1) is 9.17. The van der Waals surface area contributed by atoms with Crippen molar-refractivity contribution in [1.29, 1.82) is 0 Å². The second-order valence-electron chi connectivity index (χ2n) is 5.18. The maximum Gasteiger partial charge on any atom is 0.0676 e. The highest BCUT2D eigenvalue weighted by Crippen LogP contribution is 2.40. The van der Waals surface area contributed by atoms with Gasteiger partial charge in [0.15, 0.2) is 0 Å². The molecule has 2 aromatic carbocycles. The summed E-state index contributed by atoms with van der Waals surface area (Å²) >= 11 is 5.39. The Morgan fingerprint density at radius 1 is 1.15 bits per heavy atom. The molecule has 0 spiro atoms. The summed E-state index contributed by atoms with van der Waals surface area (Å²) in [5.41, 5.74) is 7.56. The maximum absolute atomic E-state index is 6.48. The second-order valence-corrected chi connectivity index (χ2v) is 7.15. The third-order valence-corrected chi connectivity index (χ3v) is 5.57. The van der Waals surface area contributed by atoms with Gasteiger partial charge >= 0.3 is 0 Å². The average Bonchev–Trinajstić information content (AvgIpc) is 2.73. The lowest BCUT2D eigenvalue weighted by Gasteiger charge is -2.39. The zero-order valence-electron chi connectivity index (χ0n) is 10.7. The van der Waals surface area contributed by atoms with Crippen LogP contribution in [-0.4, -0.2) is 13.1 Å². The SMILES string of the molecule is Cl.NC1(c2cccc3c2sc2cc(Br)ccc23)CNC1. The summed E-state index contributed by atoms with van der Waals surface area (Å²) in [6.45, 7) is 1.73. The Morgan fingerprint density at radius 2 is 1.95 bits per heavy atom.